The van der Waals surface area contributed by atoms with E-state index in [9.17, 15) is 9.59 Å². The van der Waals surface area contributed by atoms with E-state index >= 15 is 0 Å². The van der Waals surface area contributed by atoms with Crippen LogP contribution in [0.3, 0.4) is 0 Å². The quantitative estimate of drug-likeness (QED) is 0.314. The molecule has 142 valence electrons. The van der Waals surface area contributed by atoms with Crippen LogP contribution in [0, 0.1) is 6.92 Å². The third kappa shape index (κ3) is 5.57. The van der Waals surface area contributed by atoms with Crippen molar-refractivity contribution in [1.82, 2.24) is 0 Å². The summed E-state index contributed by atoms with van der Waals surface area (Å²) in [5.41, 5.74) is 1.29. The number of ketones is 1. The van der Waals surface area contributed by atoms with Gasteiger partial charge in [0.25, 0.3) is 0 Å². The maximum absolute atomic E-state index is 12.6. The first-order valence-corrected chi connectivity index (χ1v) is 8.44. The maximum atomic E-state index is 12.6. The summed E-state index contributed by atoms with van der Waals surface area (Å²) in [5.74, 6) is 5.44. The second-order valence-electron chi connectivity index (χ2n) is 5.54. The van der Waals surface area contributed by atoms with Crippen molar-refractivity contribution in [3.8, 4) is 11.5 Å². The smallest absolute Gasteiger partial charge is 0.344 e. The van der Waals surface area contributed by atoms with Gasteiger partial charge < -0.3 is 20.1 Å². The number of ether oxygens (including phenoxy) is 3. The molecule has 0 saturated heterocycles. The predicted octanol–water partition coefficient (Wildman–Crippen LogP) is 2.25. The summed E-state index contributed by atoms with van der Waals surface area (Å²) in [7, 11) is 0. The van der Waals surface area contributed by atoms with Crippen LogP contribution in [0.25, 0.3) is 0 Å². The van der Waals surface area contributed by atoms with Gasteiger partial charge in [0.05, 0.1) is 6.61 Å². The first-order chi connectivity index (χ1) is 13.1. The lowest BCUT2D eigenvalue weighted by molar-refractivity contribution is -0.145. The lowest BCUT2D eigenvalue weighted by atomic mass is 10.1. The zero-order chi connectivity index (χ0) is 19.6. The topological polar surface area (TPSA) is 100 Å². The summed E-state index contributed by atoms with van der Waals surface area (Å²) < 4.78 is 15.9. The molecule has 0 radical (unpaired) electrons. The van der Waals surface area contributed by atoms with Crippen LogP contribution in [-0.4, -0.2) is 37.3 Å². The van der Waals surface area contributed by atoms with Gasteiger partial charge in [-0.2, -0.15) is 5.10 Å². The third-order valence-corrected chi connectivity index (χ3v) is 3.64. The summed E-state index contributed by atoms with van der Waals surface area (Å²) >= 11 is 0. The molecule has 2 N–H and O–H groups in total. The number of hydrazone groups is 1. The van der Waals surface area contributed by atoms with Crippen LogP contribution in [0.5, 0.6) is 11.5 Å². The van der Waals surface area contributed by atoms with Gasteiger partial charge in [0.15, 0.2) is 13.2 Å². The number of nitrogens with zero attached hydrogens (tertiary/aromatic N) is 1. The van der Waals surface area contributed by atoms with Gasteiger partial charge in [-0.3, -0.25) is 4.79 Å². The van der Waals surface area contributed by atoms with Crippen LogP contribution in [0.4, 0.5) is 0 Å². The molecule has 27 heavy (non-hydrogen) atoms. The highest BCUT2D eigenvalue weighted by Crippen LogP contribution is 2.20. The number of aryl methyl sites for hydroxylation is 1. The molecule has 0 atom stereocenters. The van der Waals surface area contributed by atoms with E-state index in [2.05, 4.69) is 5.10 Å². The normalized spacial score (nSPS) is 11.0. The average molecular weight is 370 g/mol. The van der Waals surface area contributed by atoms with Crippen molar-refractivity contribution >= 4 is 17.5 Å². The Morgan fingerprint density at radius 2 is 1.59 bits per heavy atom. The maximum Gasteiger partial charge on any atom is 0.344 e. The van der Waals surface area contributed by atoms with Gasteiger partial charge in [0.1, 0.15) is 17.2 Å². The van der Waals surface area contributed by atoms with Crippen LogP contribution < -0.4 is 15.3 Å². The minimum absolute atomic E-state index is 0.00282. The fraction of sp³-hybridized carbons (Fsp3) is 0.250. The molecule has 0 bridgehead atoms. The van der Waals surface area contributed by atoms with E-state index in [1.54, 1.807) is 37.3 Å². The molecule has 2 aromatic rings. The van der Waals surface area contributed by atoms with Crippen molar-refractivity contribution in [2.75, 3.05) is 19.8 Å². The lowest BCUT2D eigenvalue weighted by Crippen LogP contribution is -2.25. The predicted molar refractivity (Wildman–Crippen MR) is 101 cm³/mol. The first-order valence-electron chi connectivity index (χ1n) is 8.44. The van der Waals surface area contributed by atoms with E-state index in [1.165, 1.54) is 0 Å². The zero-order valence-electron chi connectivity index (χ0n) is 15.3. The summed E-state index contributed by atoms with van der Waals surface area (Å²) in [4.78, 5) is 24.1. The Hall–Kier alpha value is -3.35. The monoisotopic (exact) mass is 370 g/mol. The number of benzene rings is 2. The molecule has 0 amide bonds. The van der Waals surface area contributed by atoms with Crippen molar-refractivity contribution in [2.24, 2.45) is 10.9 Å². The van der Waals surface area contributed by atoms with Crippen LogP contribution in [-0.2, 0) is 14.3 Å². The summed E-state index contributed by atoms with van der Waals surface area (Å²) in [6.07, 6.45) is 0. The van der Waals surface area contributed by atoms with E-state index in [1.807, 2.05) is 25.1 Å². The Balaban J connectivity index is 2.11. The Morgan fingerprint density at radius 1 is 0.963 bits per heavy atom. The van der Waals surface area contributed by atoms with E-state index in [0.717, 1.165) is 5.56 Å². The highest BCUT2D eigenvalue weighted by atomic mass is 16.6. The van der Waals surface area contributed by atoms with Gasteiger partial charge in [-0.05, 0) is 37.6 Å². The molecule has 0 fully saturated rings. The molecular weight excluding hydrogens is 348 g/mol. The molecule has 0 aliphatic carbocycles. The second-order valence-corrected chi connectivity index (χ2v) is 5.54. The molecule has 2 aromatic carbocycles. The van der Waals surface area contributed by atoms with Gasteiger partial charge in [-0.15, -0.1) is 0 Å². The fourth-order valence-electron chi connectivity index (χ4n) is 2.35. The van der Waals surface area contributed by atoms with Crippen molar-refractivity contribution in [1.29, 1.82) is 0 Å². The Bertz CT molecular complexity index is 833. The van der Waals surface area contributed by atoms with Crippen LogP contribution in [0.1, 0.15) is 18.1 Å². The first kappa shape index (κ1) is 20.0. The molecule has 7 nitrogen and oxygen atoms in total. The van der Waals surface area contributed by atoms with E-state index < -0.39 is 11.8 Å². The van der Waals surface area contributed by atoms with Gasteiger partial charge >= 0.3 is 5.97 Å². The Labute approximate surface area is 157 Å². The number of nitrogens with two attached hydrogens (primary N) is 1. The molecule has 0 aliphatic rings. The molecule has 0 saturated carbocycles. The number of rotatable bonds is 9. The Morgan fingerprint density at radius 3 is 2.26 bits per heavy atom. The number of hydrogen-bond donors (Lipinski definition) is 1. The number of esters is 1. The second kappa shape index (κ2) is 9.96. The van der Waals surface area contributed by atoms with Crippen LogP contribution in [0.15, 0.2) is 53.6 Å². The largest absolute Gasteiger partial charge is 0.485 e. The van der Waals surface area contributed by atoms with Crippen molar-refractivity contribution in [2.45, 2.75) is 13.8 Å². The molecular formula is C20H22N2O5. The van der Waals surface area contributed by atoms with Crippen LogP contribution in [0.2, 0.25) is 0 Å². The highest BCUT2D eigenvalue weighted by Gasteiger charge is 2.20. The molecule has 0 aromatic heterocycles. The Kier molecular flexibility index (Phi) is 7.37. The SMILES string of the molecule is CCOC(=O)COc1ccccc1/C(=N\N)C(=O)COc1ccccc1C. The highest BCUT2D eigenvalue weighted by molar-refractivity contribution is 6.47. The molecule has 0 unspecified atom stereocenters. The molecule has 0 spiro atoms. The van der Waals surface area contributed by atoms with Crippen molar-refractivity contribution in [3.63, 3.8) is 0 Å². The number of para-hydroxylation sites is 2. The van der Waals surface area contributed by atoms with Crippen molar-refractivity contribution < 1.29 is 23.8 Å². The number of carbonyl (C=O) groups excluding carboxylic acids is 2. The van der Waals surface area contributed by atoms with Gasteiger partial charge in [0, 0.05) is 5.56 Å². The zero-order valence-corrected chi connectivity index (χ0v) is 15.3. The molecule has 0 aliphatic heterocycles. The number of carbonyl (C=O) groups is 2. The molecule has 2 rings (SSSR count). The van der Waals surface area contributed by atoms with Crippen LogP contribution >= 0.6 is 0 Å². The van der Waals surface area contributed by atoms with E-state index in [0.29, 0.717) is 17.1 Å². The minimum Gasteiger partial charge on any atom is -0.485 e. The van der Waals surface area contributed by atoms with Gasteiger partial charge in [0.2, 0.25) is 5.78 Å². The van der Waals surface area contributed by atoms with Crippen molar-refractivity contribution in [3.05, 3.63) is 59.7 Å². The lowest BCUT2D eigenvalue weighted by Gasteiger charge is -2.13. The summed E-state index contributed by atoms with van der Waals surface area (Å²) in [6.45, 7) is 3.34. The third-order valence-electron chi connectivity index (χ3n) is 3.64. The summed E-state index contributed by atoms with van der Waals surface area (Å²) in [6, 6.07) is 14.1. The average Bonchev–Trinajstić information content (AvgIpc) is 2.67. The number of Topliss-reactive ketones (excluding diaryl/α,β-unsaturated/α-hetero) is 1. The molecule has 7 heteroatoms. The van der Waals surface area contributed by atoms with Gasteiger partial charge in [-0.25, -0.2) is 4.79 Å². The minimum atomic E-state index is -0.507. The van der Waals surface area contributed by atoms with E-state index in [-0.39, 0.29) is 25.5 Å². The molecule has 0 heterocycles. The van der Waals surface area contributed by atoms with E-state index in [4.69, 9.17) is 20.1 Å². The standard InChI is InChI=1S/C20H22N2O5/c1-3-25-19(24)13-27-18-11-7-5-9-15(18)20(22-21)16(23)12-26-17-10-6-4-8-14(17)2/h4-11H,3,12-13,21H2,1-2H3/b22-20+. The number of hydrogen-bond acceptors (Lipinski definition) is 7. The fourth-order valence-corrected chi connectivity index (χ4v) is 2.35. The van der Waals surface area contributed by atoms with Gasteiger partial charge in [-0.1, -0.05) is 30.3 Å². The summed E-state index contributed by atoms with van der Waals surface area (Å²) in [5, 5.41) is 3.61.